The first-order chi connectivity index (χ1) is 12.0. The molecule has 1 atom stereocenters. The molecule has 0 aromatic heterocycles. The summed E-state index contributed by atoms with van der Waals surface area (Å²) in [6.07, 6.45) is 0. The van der Waals surface area contributed by atoms with E-state index in [1.54, 1.807) is 55.6 Å². The van der Waals surface area contributed by atoms with Gasteiger partial charge in [-0.2, -0.15) is 4.31 Å². The molecule has 0 radical (unpaired) electrons. The lowest BCUT2D eigenvalue weighted by molar-refractivity contribution is 0.310. The molecule has 3 rings (SSSR count). The smallest absolute Gasteiger partial charge is 0.243 e. The SMILES string of the molecule is COc1ccc(Oc2ccc(S(=O)(=O)N3CCNC(C)C3)cc2)cc1. The topological polar surface area (TPSA) is 67.9 Å². The number of rotatable bonds is 5. The lowest BCUT2D eigenvalue weighted by Crippen LogP contribution is -2.51. The minimum atomic E-state index is -3.47. The number of ether oxygens (including phenoxy) is 2. The van der Waals surface area contributed by atoms with Gasteiger partial charge in [0.2, 0.25) is 10.0 Å². The zero-order valence-corrected chi connectivity index (χ0v) is 15.1. The summed E-state index contributed by atoms with van der Waals surface area (Å²) in [5, 5.41) is 3.25. The fraction of sp³-hybridized carbons (Fsp3) is 0.333. The summed E-state index contributed by atoms with van der Waals surface area (Å²) in [5.41, 5.74) is 0. The summed E-state index contributed by atoms with van der Waals surface area (Å²) in [7, 11) is -1.87. The molecule has 1 saturated heterocycles. The number of methoxy groups -OCH3 is 1. The van der Waals surface area contributed by atoms with E-state index in [2.05, 4.69) is 5.32 Å². The predicted molar refractivity (Wildman–Crippen MR) is 95.7 cm³/mol. The Morgan fingerprint density at radius 3 is 2.12 bits per heavy atom. The summed E-state index contributed by atoms with van der Waals surface area (Å²) in [6, 6.07) is 13.9. The molecule has 1 N–H and O–H groups in total. The fourth-order valence-corrected chi connectivity index (χ4v) is 4.25. The fourth-order valence-electron chi connectivity index (χ4n) is 2.72. The third kappa shape index (κ3) is 4.12. The average Bonchev–Trinajstić information content (AvgIpc) is 2.63. The third-order valence-electron chi connectivity index (χ3n) is 4.09. The number of hydrogen-bond donors (Lipinski definition) is 1. The van der Waals surface area contributed by atoms with Crippen LogP contribution in [0.3, 0.4) is 0 Å². The molecule has 2 aromatic carbocycles. The van der Waals surface area contributed by atoms with Gasteiger partial charge in [0.1, 0.15) is 17.2 Å². The second-order valence-electron chi connectivity index (χ2n) is 5.97. The molecule has 1 fully saturated rings. The molecule has 0 bridgehead atoms. The van der Waals surface area contributed by atoms with Gasteiger partial charge in [-0.1, -0.05) is 0 Å². The van der Waals surface area contributed by atoms with Gasteiger partial charge in [-0.15, -0.1) is 0 Å². The van der Waals surface area contributed by atoms with Crippen LogP contribution in [0.25, 0.3) is 0 Å². The summed E-state index contributed by atoms with van der Waals surface area (Å²) in [4.78, 5) is 0.281. The van der Waals surface area contributed by atoms with Gasteiger partial charge in [0.15, 0.2) is 0 Å². The Morgan fingerprint density at radius 1 is 1.00 bits per heavy atom. The first-order valence-corrected chi connectivity index (χ1v) is 9.58. The number of piperazine rings is 1. The Morgan fingerprint density at radius 2 is 1.56 bits per heavy atom. The summed E-state index contributed by atoms with van der Waals surface area (Å²) < 4.78 is 37.8. The molecule has 1 aliphatic heterocycles. The van der Waals surface area contributed by atoms with E-state index >= 15 is 0 Å². The molecule has 1 aliphatic rings. The standard InChI is InChI=1S/C18H22N2O4S/c1-14-13-20(12-11-19-14)25(21,22)18-9-7-17(8-10-18)24-16-5-3-15(23-2)4-6-16/h3-10,14,19H,11-13H2,1-2H3. The Labute approximate surface area is 148 Å². The van der Waals surface area contributed by atoms with Crippen molar-refractivity contribution in [1.29, 1.82) is 0 Å². The minimum Gasteiger partial charge on any atom is -0.497 e. The first kappa shape index (κ1) is 17.7. The maximum atomic E-state index is 12.7. The lowest BCUT2D eigenvalue weighted by Gasteiger charge is -2.31. The van der Waals surface area contributed by atoms with Gasteiger partial charge < -0.3 is 14.8 Å². The van der Waals surface area contributed by atoms with Crippen LogP contribution in [0.2, 0.25) is 0 Å². The van der Waals surface area contributed by atoms with E-state index in [4.69, 9.17) is 9.47 Å². The van der Waals surface area contributed by atoms with Crippen LogP contribution in [0.5, 0.6) is 17.2 Å². The van der Waals surface area contributed by atoms with Crippen molar-refractivity contribution in [2.75, 3.05) is 26.7 Å². The van der Waals surface area contributed by atoms with Crippen molar-refractivity contribution >= 4 is 10.0 Å². The zero-order valence-electron chi connectivity index (χ0n) is 14.3. The van der Waals surface area contributed by atoms with Crippen LogP contribution in [0.15, 0.2) is 53.4 Å². The third-order valence-corrected chi connectivity index (χ3v) is 5.97. The molecule has 6 nitrogen and oxygen atoms in total. The highest BCUT2D eigenvalue weighted by Crippen LogP contribution is 2.26. The molecular formula is C18H22N2O4S. The van der Waals surface area contributed by atoms with Crippen molar-refractivity contribution in [2.45, 2.75) is 17.9 Å². The molecular weight excluding hydrogens is 340 g/mol. The van der Waals surface area contributed by atoms with Crippen molar-refractivity contribution in [3.63, 3.8) is 0 Å². The highest BCUT2D eigenvalue weighted by Gasteiger charge is 2.28. The molecule has 1 unspecified atom stereocenters. The van der Waals surface area contributed by atoms with Crippen LogP contribution in [-0.4, -0.2) is 45.5 Å². The average molecular weight is 362 g/mol. The summed E-state index contributed by atoms with van der Waals surface area (Å²) >= 11 is 0. The molecule has 0 aliphatic carbocycles. The van der Waals surface area contributed by atoms with Crippen molar-refractivity contribution in [3.05, 3.63) is 48.5 Å². The minimum absolute atomic E-state index is 0.154. The molecule has 134 valence electrons. The highest BCUT2D eigenvalue weighted by molar-refractivity contribution is 7.89. The number of sulfonamides is 1. The van der Waals surface area contributed by atoms with Crippen molar-refractivity contribution < 1.29 is 17.9 Å². The number of nitrogens with zero attached hydrogens (tertiary/aromatic N) is 1. The Kier molecular flexibility index (Phi) is 5.27. The van der Waals surface area contributed by atoms with Gasteiger partial charge in [0.05, 0.1) is 12.0 Å². The van der Waals surface area contributed by atoms with E-state index in [0.29, 0.717) is 31.1 Å². The second kappa shape index (κ2) is 7.43. The molecule has 25 heavy (non-hydrogen) atoms. The highest BCUT2D eigenvalue weighted by atomic mass is 32.2. The van der Waals surface area contributed by atoms with Gasteiger partial charge in [0.25, 0.3) is 0 Å². The largest absolute Gasteiger partial charge is 0.497 e. The van der Waals surface area contributed by atoms with Gasteiger partial charge in [-0.05, 0) is 55.5 Å². The Hall–Kier alpha value is -2.09. The normalized spacial score (nSPS) is 18.7. The molecule has 2 aromatic rings. The molecule has 0 spiro atoms. The van der Waals surface area contributed by atoms with Gasteiger partial charge >= 0.3 is 0 Å². The molecule has 0 amide bonds. The van der Waals surface area contributed by atoms with E-state index in [1.165, 1.54) is 4.31 Å². The van der Waals surface area contributed by atoms with Gasteiger partial charge in [0, 0.05) is 25.7 Å². The molecule has 0 saturated carbocycles. The van der Waals surface area contributed by atoms with Crippen LogP contribution in [0.4, 0.5) is 0 Å². The van der Waals surface area contributed by atoms with Crippen LogP contribution < -0.4 is 14.8 Å². The maximum absolute atomic E-state index is 12.7. The number of benzene rings is 2. The second-order valence-corrected chi connectivity index (χ2v) is 7.91. The van der Waals surface area contributed by atoms with E-state index in [-0.39, 0.29) is 10.9 Å². The van der Waals surface area contributed by atoms with E-state index < -0.39 is 10.0 Å². The molecule has 1 heterocycles. The van der Waals surface area contributed by atoms with Crippen molar-refractivity contribution in [2.24, 2.45) is 0 Å². The summed E-state index contributed by atoms with van der Waals surface area (Å²) in [5.74, 6) is 1.99. The zero-order chi connectivity index (χ0) is 17.9. The number of hydrogen-bond acceptors (Lipinski definition) is 5. The quantitative estimate of drug-likeness (QED) is 0.885. The van der Waals surface area contributed by atoms with Gasteiger partial charge in [-0.25, -0.2) is 8.42 Å². The van der Waals surface area contributed by atoms with Crippen LogP contribution in [0, 0.1) is 0 Å². The van der Waals surface area contributed by atoms with Crippen LogP contribution in [0.1, 0.15) is 6.92 Å². The van der Waals surface area contributed by atoms with Crippen LogP contribution >= 0.6 is 0 Å². The van der Waals surface area contributed by atoms with Crippen molar-refractivity contribution in [3.8, 4) is 17.2 Å². The molecule has 7 heteroatoms. The van der Waals surface area contributed by atoms with E-state index in [0.717, 1.165) is 5.75 Å². The summed E-state index contributed by atoms with van der Waals surface area (Å²) in [6.45, 7) is 3.61. The van der Waals surface area contributed by atoms with E-state index in [9.17, 15) is 8.42 Å². The first-order valence-electron chi connectivity index (χ1n) is 8.14. The van der Waals surface area contributed by atoms with E-state index in [1.807, 2.05) is 6.92 Å². The maximum Gasteiger partial charge on any atom is 0.243 e. The Balaban J connectivity index is 1.72. The van der Waals surface area contributed by atoms with Gasteiger partial charge in [-0.3, -0.25) is 0 Å². The predicted octanol–water partition coefficient (Wildman–Crippen LogP) is 2.47. The van der Waals surface area contributed by atoms with Crippen molar-refractivity contribution in [1.82, 2.24) is 9.62 Å². The monoisotopic (exact) mass is 362 g/mol. The Bertz CT molecular complexity index is 804. The van der Waals surface area contributed by atoms with Crippen LogP contribution in [-0.2, 0) is 10.0 Å². The number of nitrogens with one attached hydrogen (secondary N) is 1. The lowest BCUT2D eigenvalue weighted by atomic mass is 10.3.